The summed E-state index contributed by atoms with van der Waals surface area (Å²) in [5.41, 5.74) is 2.92. The molecule has 9 nitrogen and oxygen atoms in total. The van der Waals surface area contributed by atoms with Gasteiger partial charge in [-0.05, 0) is 36.8 Å². The molecule has 2 N–H and O–H groups in total. The van der Waals surface area contributed by atoms with Crippen LogP contribution in [0.2, 0.25) is 5.02 Å². The van der Waals surface area contributed by atoms with Gasteiger partial charge in [-0.2, -0.15) is 5.10 Å². The number of halogens is 1. The normalized spacial score (nSPS) is 10.5. The highest BCUT2D eigenvalue weighted by Gasteiger charge is 2.21. The van der Waals surface area contributed by atoms with Crippen LogP contribution < -0.4 is 20.2 Å². The molecule has 0 aliphatic heterocycles. The maximum atomic E-state index is 11.8. The van der Waals surface area contributed by atoms with E-state index < -0.39 is 11.0 Å². The van der Waals surface area contributed by atoms with Crippen LogP contribution in [0.3, 0.4) is 0 Å². The number of hydrogen-bond donors (Lipinski definition) is 2. The monoisotopic (exact) mass is 406 g/mol. The summed E-state index contributed by atoms with van der Waals surface area (Å²) in [4.78, 5) is 22.6. The van der Waals surface area contributed by atoms with Crippen molar-refractivity contribution < 1.29 is 19.2 Å². The quantitative estimate of drug-likeness (QED) is 0.387. The lowest BCUT2D eigenvalue weighted by molar-refractivity contribution is -0.386. The number of nitrogens with zero attached hydrogens (tertiary/aromatic N) is 2. The minimum atomic E-state index is -0.581. The van der Waals surface area contributed by atoms with E-state index in [1.165, 1.54) is 25.5 Å². The molecular formula is C18H19ClN4O5. The van der Waals surface area contributed by atoms with Gasteiger partial charge in [-0.15, -0.1) is 0 Å². The van der Waals surface area contributed by atoms with Gasteiger partial charge in [0, 0.05) is 22.3 Å². The Balaban J connectivity index is 2.11. The van der Waals surface area contributed by atoms with E-state index in [-0.39, 0.29) is 17.2 Å². The summed E-state index contributed by atoms with van der Waals surface area (Å²) < 4.78 is 10.6. The molecule has 0 unspecified atom stereocenters. The minimum absolute atomic E-state index is 0.0555. The molecule has 2 aromatic rings. The van der Waals surface area contributed by atoms with Gasteiger partial charge in [-0.25, -0.2) is 10.2 Å². The van der Waals surface area contributed by atoms with E-state index in [2.05, 4.69) is 15.8 Å². The zero-order valence-corrected chi connectivity index (χ0v) is 16.0. The molecule has 0 aliphatic carbocycles. The van der Waals surface area contributed by atoms with Crippen LogP contribution in [-0.4, -0.2) is 30.9 Å². The Morgan fingerprint density at radius 3 is 2.64 bits per heavy atom. The molecule has 2 aromatic carbocycles. The lowest BCUT2D eigenvalue weighted by Gasteiger charge is -2.11. The molecule has 0 fully saturated rings. The van der Waals surface area contributed by atoms with Crippen molar-refractivity contribution in [2.75, 3.05) is 19.0 Å². The molecule has 0 saturated carbocycles. The number of nitro groups is 1. The zero-order valence-electron chi connectivity index (χ0n) is 15.3. The summed E-state index contributed by atoms with van der Waals surface area (Å²) in [6, 6.07) is 8.77. The van der Waals surface area contributed by atoms with Gasteiger partial charge < -0.3 is 14.8 Å². The number of urea groups is 1. The highest BCUT2D eigenvalue weighted by atomic mass is 35.5. The highest BCUT2D eigenvalue weighted by Crippen LogP contribution is 2.38. The molecule has 0 bridgehead atoms. The molecule has 28 heavy (non-hydrogen) atoms. The molecule has 0 saturated heterocycles. The molecule has 148 valence electrons. The summed E-state index contributed by atoms with van der Waals surface area (Å²) in [5.74, 6) is 0.259. The lowest BCUT2D eigenvalue weighted by Crippen LogP contribution is -2.24. The highest BCUT2D eigenvalue weighted by molar-refractivity contribution is 6.30. The number of carbonyl (C=O) groups is 1. The van der Waals surface area contributed by atoms with Crippen LogP contribution in [0.15, 0.2) is 41.5 Å². The smallest absolute Gasteiger partial charge is 0.339 e. The van der Waals surface area contributed by atoms with E-state index >= 15 is 0 Å². The number of amides is 2. The Hall–Kier alpha value is -3.33. The van der Waals surface area contributed by atoms with Crippen LogP contribution in [0.1, 0.15) is 18.9 Å². The minimum Gasteiger partial charge on any atom is -0.493 e. The number of anilines is 1. The first-order chi connectivity index (χ1) is 13.4. The Morgan fingerprint density at radius 2 is 2.04 bits per heavy atom. The maximum Gasteiger partial charge on any atom is 0.339 e. The van der Waals surface area contributed by atoms with Crippen molar-refractivity contribution in [1.82, 2.24) is 5.43 Å². The SMILES string of the molecule is CCCOc1c(OC)cc(/C=N\NC(=O)Nc2ccc(Cl)cc2)cc1[N+](=O)[O-]. The van der Waals surface area contributed by atoms with Crippen LogP contribution in [0.4, 0.5) is 16.2 Å². The second-order valence-electron chi connectivity index (χ2n) is 5.51. The molecule has 2 rings (SSSR count). The third-order valence-electron chi connectivity index (χ3n) is 3.41. The Bertz CT molecular complexity index is 871. The topological polar surface area (TPSA) is 115 Å². The van der Waals surface area contributed by atoms with Crippen molar-refractivity contribution in [2.24, 2.45) is 5.10 Å². The molecule has 0 spiro atoms. The second kappa shape index (κ2) is 10.1. The number of carbonyl (C=O) groups excluding carboxylic acids is 1. The molecule has 0 aromatic heterocycles. The van der Waals surface area contributed by atoms with Gasteiger partial charge in [0.25, 0.3) is 0 Å². The van der Waals surface area contributed by atoms with E-state index in [0.717, 1.165) is 0 Å². The molecular weight excluding hydrogens is 388 g/mol. The predicted octanol–water partition coefficient (Wildman–Crippen LogP) is 4.20. The van der Waals surface area contributed by atoms with Gasteiger partial charge in [0.2, 0.25) is 5.75 Å². The number of hydrogen-bond acceptors (Lipinski definition) is 6. The van der Waals surface area contributed by atoms with Crippen molar-refractivity contribution in [1.29, 1.82) is 0 Å². The number of methoxy groups -OCH3 is 1. The number of rotatable bonds is 8. The van der Waals surface area contributed by atoms with Gasteiger partial charge in [0.05, 0.1) is 24.9 Å². The average molecular weight is 407 g/mol. The summed E-state index contributed by atoms with van der Waals surface area (Å²) in [7, 11) is 1.39. The fraction of sp³-hybridized carbons (Fsp3) is 0.222. The second-order valence-corrected chi connectivity index (χ2v) is 5.94. The summed E-state index contributed by atoms with van der Waals surface area (Å²) in [6.07, 6.45) is 1.96. The third-order valence-corrected chi connectivity index (χ3v) is 3.66. The third kappa shape index (κ3) is 5.85. The van der Waals surface area contributed by atoms with E-state index in [1.54, 1.807) is 24.3 Å². The fourth-order valence-corrected chi connectivity index (χ4v) is 2.30. The maximum absolute atomic E-state index is 11.8. The van der Waals surface area contributed by atoms with Crippen LogP contribution in [-0.2, 0) is 0 Å². The number of benzene rings is 2. The molecule has 0 heterocycles. The van der Waals surface area contributed by atoms with Crippen molar-refractivity contribution in [3.63, 3.8) is 0 Å². The molecule has 10 heteroatoms. The average Bonchev–Trinajstić information content (AvgIpc) is 2.67. The zero-order chi connectivity index (χ0) is 20.5. The molecule has 0 atom stereocenters. The van der Waals surface area contributed by atoms with Crippen LogP contribution in [0, 0.1) is 10.1 Å². The van der Waals surface area contributed by atoms with Gasteiger partial charge in [0.15, 0.2) is 5.75 Å². The summed E-state index contributed by atoms with van der Waals surface area (Å²) in [6.45, 7) is 2.21. The van der Waals surface area contributed by atoms with Crippen LogP contribution >= 0.6 is 11.6 Å². The Kier molecular flexibility index (Phi) is 7.58. The van der Waals surface area contributed by atoms with E-state index in [0.29, 0.717) is 29.3 Å². The van der Waals surface area contributed by atoms with Crippen molar-refractivity contribution in [3.05, 3.63) is 57.1 Å². The lowest BCUT2D eigenvalue weighted by atomic mass is 10.2. The first-order valence-corrected chi connectivity index (χ1v) is 8.67. The van der Waals surface area contributed by atoms with Gasteiger partial charge in [-0.1, -0.05) is 18.5 Å². The predicted molar refractivity (Wildman–Crippen MR) is 107 cm³/mol. The van der Waals surface area contributed by atoms with Crippen LogP contribution in [0.5, 0.6) is 11.5 Å². The number of nitro benzene ring substituents is 1. The van der Waals surface area contributed by atoms with E-state index in [9.17, 15) is 14.9 Å². The van der Waals surface area contributed by atoms with Crippen molar-refractivity contribution in [3.8, 4) is 11.5 Å². The standard InChI is InChI=1S/C18H19ClN4O5/c1-3-8-28-17-15(23(25)26)9-12(10-16(17)27-2)11-20-22-18(24)21-14-6-4-13(19)5-7-14/h4-7,9-11H,3,8H2,1-2H3,(H2,21,22,24)/b20-11-. The first kappa shape index (κ1) is 21.0. The number of hydrazone groups is 1. The summed E-state index contributed by atoms with van der Waals surface area (Å²) >= 11 is 5.78. The number of ether oxygens (including phenoxy) is 2. The number of nitrogens with one attached hydrogen (secondary N) is 2. The molecule has 0 aliphatic rings. The Morgan fingerprint density at radius 1 is 1.32 bits per heavy atom. The first-order valence-electron chi connectivity index (χ1n) is 8.29. The molecule has 2 amide bonds. The van der Waals surface area contributed by atoms with Crippen molar-refractivity contribution in [2.45, 2.75) is 13.3 Å². The van der Waals surface area contributed by atoms with E-state index in [1.807, 2.05) is 6.92 Å². The van der Waals surface area contributed by atoms with E-state index in [4.69, 9.17) is 21.1 Å². The largest absolute Gasteiger partial charge is 0.493 e. The fourth-order valence-electron chi connectivity index (χ4n) is 2.18. The van der Waals surface area contributed by atoms with Crippen LogP contribution in [0.25, 0.3) is 0 Å². The van der Waals surface area contributed by atoms with Gasteiger partial charge in [-0.3, -0.25) is 10.1 Å². The van der Waals surface area contributed by atoms with Gasteiger partial charge >= 0.3 is 11.7 Å². The van der Waals surface area contributed by atoms with Crippen molar-refractivity contribution >= 4 is 35.2 Å². The Labute approximate surface area is 166 Å². The molecule has 0 radical (unpaired) electrons. The summed E-state index contributed by atoms with van der Waals surface area (Å²) in [5, 5.41) is 18.3. The van der Waals surface area contributed by atoms with Gasteiger partial charge in [0.1, 0.15) is 0 Å².